The Kier molecular flexibility index (Phi) is 5.34. The lowest BCUT2D eigenvalue weighted by Gasteiger charge is -2.19. The Morgan fingerprint density at radius 1 is 0.640 bits per heavy atom. The number of hydrogen-bond acceptors (Lipinski definition) is 5. The highest BCUT2D eigenvalue weighted by Crippen LogP contribution is 2.38. The SMILES string of the molecule is COc1ccccc1OC1OC(Oc2ccccc2OC)C(C)C1C. The highest BCUT2D eigenvalue weighted by molar-refractivity contribution is 5.40. The molecule has 0 saturated carbocycles. The molecule has 0 aromatic heterocycles. The summed E-state index contributed by atoms with van der Waals surface area (Å²) in [6, 6.07) is 15.1. The maximum absolute atomic E-state index is 6.05. The van der Waals surface area contributed by atoms with Gasteiger partial charge in [-0.1, -0.05) is 38.1 Å². The zero-order valence-corrected chi connectivity index (χ0v) is 15.0. The summed E-state index contributed by atoms with van der Waals surface area (Å²) in [6.45, 7) is 4.19. The second-order valence-electron chi connectivity index (χ2n) is 6.13. The van der Waals surface area contributed by atoms with Gasteiger partial charge in [-0.05, 0) is 24.3 Å². The van der Waals surface area contributed by atoms with Gasteiger partial charge in [-0.25, -0.2) is 0 Å². The summed E-state index contributed by atoms with van der Waals surface area (Å²) in [5.41, 5.74) is 0. The zero-order chi connectivity index (χ0) is 17.8. The molecule has 1 heterocycles. The van der Waals surface area contributed by atoms with Crippen molar-refractivity contribution in [2.45, 2.75) is 26.4 Å². The van der Waals surface area contributed by atoms with E-state index < -0.39 is 12.6 Å². The van der Waals surface area contributed by atoms with Crippen LogP contribution < -0.4 is 18.9 Å². The molecule has 2 aromatic rings. The Labute approximate surface area is 148 Å². The molecule has 1 aliphatic heterocycles. The summed E-state index contributed by atoms with van der Waals surface area (Å²) in [5.74, 6) is 2.99. The molecule has 1 fully saturated rings. The summed E-state index contributed by atoms with van der Waals surface area (Å²) >= 11 is 0. The van der Waals surface area contributed by atoms with Gasteiger partial charge in [-0.2, -0.15) is 0 Å². The van der Waals surface area contributed by atoms with Gasteiger partial charge in [0.2, 0.25) is 12.6 Å². The predicted molar refractivity (Wildman–Crippen MR) is 94.2 cm³/mol. The van der Waals surface area contributed by atoms with Crippen LogP contribution in [0.1, 0.15) is 13.8 Å². The molecule has 0 spiro atoms. The van der Waals surface area contributed by atoms with Crippen LogP contribution in [0.15, 0.2) is 48.5 Å². The van der Waals surface area contributed by atoms with Crippen molar-refractivity contribution in [3.05, 3.63) is 48.5 Å². The molecular weight excluding hydrogens is 320 g/mol. The van der Waals surface area contributed by atoms with Crippen LogP contribution in [0.2, 0.25) is 0 Å². The minimum Gasteiger partial charge on any atom is -0.493 e. The highest BCUT2D eigenvalue weighted by atomic mass is 16.8. The van der Waals surface area contributed by atoms with Gasteiger partial charge >= 0.3 is 0 Å². The lowest BCUT2D eigenvalue weighted by Crippen LogP contribution is -2.23. The Morgan fingerprint density at radius 2 is 1.00 bits per heavy atom. The van der Waals surface area contributed by atoms with Gasteiger partial charge in [0.1, 0.15) is 0 Å². The summed E-state index contributed by atoms with van der Waals surface area (Å²) in [7, 11) is 3.24. The third kappa shape index (κ3) is 3.66. The number of hydrogen-bond donors (Lipinski definition) is 0. The maximum Gasteiger partial charge on any atom is 0.206 e. The molecule has 0 bridgehead atoms. The smallest absolute Gasteiger partial charge is 0.206 e. The topological polar surface area (TPSA) is 46.2 Å². The van der Waals surface area contributed by atoms with Crippen LogP contribution in [0.4, 0.5) is 0 Å². The van der Waals surface area contributed by atoms with E-state index in [1.165, 1.54) is 0 Å². The van der Waals surface area contributed by atoms with E-state index in [0.717, 1.165) is 0 Å². The minimum atomic E-state index is -0.411. The quantitative estimate of drug-likeness (QED) is 0.789. The van der Waals surface area contributed by atoms with E-state index in [4.69, 9.17) is 23.7 Å². The van der Waals surface area contributed by atoms with Gasteiger partial charge < -0.3 is 23.7 Å². The number of methoxy groups -OCH3 is 2. The second kappa shape index (κ2) is 7.66. The summed E-state index contributed by atoms with van der Waals surface area (Å²) in [6.07, 6.45) is -0.822. The standard InChI is InChI=1S/C20H24O5/c1-13-14(2)20(24-18-12-8-6-10-16(18)22-4)25-19(13)23-17-11-7-5-9-15(17)21-3/h5-14,19-20H,1-4H3. The van der Waals surface area contributed by atoms with Crippen LogP contribution in [-0.2, 0) is 4.74 Å². The Balaban J connectivity index is 1.72. The van der Waals surface area contributed by atoms with Crippen LogP contribution in [0, 0.1) is 11.8 Å². The first kappa shape index (κ1) is 17.4. The van der Waals surface area contributed by atoms with Gasteiger partial charge in [0.25, 0.3) is 0 Å². The average Bonchev–Trinajstić information content (AvgIpc) is 2.90. The lowest BCUT2D eigenvalue weighted by atomic mass is 9.98. The fraction of sp³-hybridized carbons (Fsp3) is 0.400. The van der Waals surface area contributed by atoms with Gasteiger partial charge in [-0.15, -0.1) is 0 Å². The number of ether oxygens (including phenoxy) is 5. The second-order valence-corrected chi connectivity index (χ2v) is 6.13. The number of para-hydroxylation sites is 4. The van der Waals surface area contributed by atoms with E-state index in [2.05, 4.69) is 13.8 Å². The van der Waals surface area contributed by atoms with E-state index >= 15 is 0 Å². The van der Waals surface area contributed by atoms with Gasteiger partial charge in [0, 0.05) is 11.8 Å². The van der Waals surface area contributed by atoms with Crippen molar-refractivity contribution < 1.29 is 23.7 Å². The van der Waals surface area contributed by atoms with Gasteiger partial charge in [0.15, 0.2) is 23.0 Å². The fourth-order valence-electron chi connectivity index (χ4n) is 2.83. The molecular formula is C20H24O5. The van der Waals surface area contributed by atoms with Crippen LogP contribution in [0.25, 0.3) is 0 Å². The van der Waals surface area contributed by atoms with Crippen LogP contribution in [0.3, 0.4) is 0 Å². The lowest BCUT2D eigenvalue weighted by molar-refractivity contribution is -0.149. The first-order chi connectivity index (χ1) is 12.1. The van der Waals surface area contributed by atoms with Crippen molar-refractivity contribution in [3.63, 3.8) is 0 Å². The molecule has 0 aliphatic carbocycles. The Hall–Kier alpha value is -2.40. The van der Waals surface area contributed by atoms with Crippen LogP contribution in [0.5, 0.6) is 23.0 Å². The van der Waals surface area contributed by atoms with Crippen LogP contribution in [-0.4, -0.2) is 26.8 Å². The van der Waals surface area contributed by atoms with Crippen molar-refractivity contribution in [2.75, 3.05) is 14.2 Å². The van der Waals surface area contributed by atoms with E-state index in [1.807, 2.05) is 48.5 Å². The molecule has 1 aliphatic rings. The first-order valence-corrected chi connectivity index (χ1v) is 8.39. The van der Waals surface area contributed by atoms with Crippen molar-refractivity contribution in [1.82, 2.24) is 0 Å². The maximum atomic E-state index is 6.05. The molecule has 134 valence electrons. The first-order valence-electron chi connectivity index (χ1n) is 8.39. The van der Waals surface area contributed by atoms with Gasteiger partial charge in [0.05, 0.1) is 14.2 Å². The van der Waals surface area contributed by atoms with Crippen LogP contribution >= 0.6 is 0 Å². The van der Waals surface area contributed by atoms with Crippen molar-refractivity contribution in [2.24, 2.45) is 11.8 Å². The predicted octanol–water partition coefficient (Wildman–Crippen LogP) is 4.12. The third-order valence-electron chi connectivity index (χ3n) is 4.58. The Bertz CT molecular complexity index is 642. The molecule has 3 rings (SSSR count). The largest absolute Gasteiger partial charge is 0.493 e. The normalized spacial score (nSPS) is 25.4. The average molecular weight is 344 g/mol. The Morgan fingerprint density at radius 3 is 1.36 bits per heavy atom. The molecule has 1 saturated heterocycles. The van der Waals surface area contributed by atoms with Crippen molar-refractivity contribution >= 4 is 0 Å². The van der Waals surface area contributed by atoms with Crippen molar-refractivity contribution in [1.29, 1.82) is 0 Å². The highest BCUT2D eigenvalue weighted by Gasteiger charge is 2.42. The van der Waals surface area contributed by atoms with E-state index in [-0.39, 0.29) is 11.8 Å². The van der Waals surface area contributed by atoms with Crippen molar-refractivity contribution in [3.8, 4) is 23.0 Å². The molecule has 0 radical (unpaired) electrons. The summed E-state index contributed by atoms with van der Waals surface area (Å²) in [5, 5.41) is 0. The third-order valence-corrected chi connectivity index (χ3v) is 4.58. The molecule has 25 heavy (non-hydrogen) atoms. The zero-order valence-electron chi connectivity index (χ0n) is 15.0. The van der Waals surface area contributed by atoms with E-state index in [9.17, 15) is 0 Å². The number of rotatable bonds is 6. The summed E-state index contributed by atoms with van der Waals surface area (Å²) in [4.78, 5) is 0. The molecule has 4 atom stereocenters. The van der Waals surface area contributed by atoms with E-state index in [1.54, 1.807) is 14.2 Å². The molecule has 0 N–H and O–H groups in total. The summed E-state index contributed by atoms with van der Waals surface area (Å²) < 4.78 is 28.8. The van der Waals surface area contributed by atoms with Gasteiger partial charge in [-0.3, -0.25) is 0 Å². The van der Waals surface area contributed by atoms with E-state index in [0.29, 0.717) is 23.0 Å². The molecule has 2 aromatic carbocycles. The monoisotopic (exact) mass is 344 g/mol. The minimum absolute atomic E-state index is 0.157. The molecule has 5 heteroatoms. The number of benzene rings is 2. The fourth-order valence-corrected chi connectivity index (χ4v) is 2.83. The molecule has 0 amide bonds. The molecule has 5 nitrogen and oxygen atoms in total. The molecule has 4 unspecified atom stereocenters.